The van der Waals surface area contributed by atoms with Gasteiger partial charge in [-0.1, -0.05) is 15.9 Å². The molecule has 0 aliphatic carbocycles. The smallest absolute Gasteiger partial charge is 0.187 e. The maximum atomic E-state index is 5.76. The van der Waals surface area contributed by atoms with Crippen LogP contribution in [0.3, 0.4) is 0 Å². The highest BCUT2D eigenvalue weighted by Gasteiger charge is 2.05. The number of halogens is 1. The lowest BCUT2D eigenvalue weighted by Gasteiger charge is -2.05. The molecule has 0 aliphatic rings. The van der Waals surface area contributed by atoms with Crippen LogP contribution in [0.2, 0.25) is 0 Å². The van der Waals surface area contributed by atoms with Gasteiger partial charge in [0.1, 0.15) is 0 Å². The first-order chi connectivity index (χ1) is 8.54. The summed E-state index contributed by atoms with van der Waals surface area (Å²) in [4.78, 5) is 4.51. The van der Waals surface area contributed by atoms with Crippen molar-refractivity contribution in [1.29, 1.82) is 0 Å². The fourth-order valence-corrected chi connectivity index (χ4v) is 2.62. The van der Waals surface area contributed by atoms with Gasteiger partial charge in [-0.15, -0.1) is 11.3 Å². The third kappa shape index (κ3) is 3.54. The van der Waals surface area contributed by atoms with E-state index in [0.717, 1.165) is 27.4 Å². The Balaban J connectivity index is 2.08. The first kappa shape index (κ1) is 13.5. The Morgan fingerprint density at radius 1 is 1.50 bits per heavy atom. The minimum atomic E-state index is 0.148. The number of nitrogens with one attached hydrogen (secondary N) is 1. The third-order valence-corrected chi connectivity index (χ3v) is 4.19. The largest absolute Gasteiger partial charge is 0.332 e. The first-order valence-electron chi connectivity index (χ1n) is 5.78. The van der Waals surface area contributed by atoms with E-state index in [1.54, 1.807) is 11.3 Å². The molecular weight excluding hydrogens is 310 g/mol. The van der Waals surface area contributed by atoms with E-state index in [0.29, 0.717) is 0 Å². The van der Waals surface area contributed by atoms with Crippen LogP contribution in [0, 0.1) is 6.92 Å². The summed E-state index contributed by atoms with van der Waals surface area (Å²) in [5.41, 5.74) is 9.06. The Morgan fingerprint density at radius 2 is 2.28 bits per heavy atom. The van der Waals surface area contributed by atoms with Crippen LogP contribution in [0.4, 0.5) is 10.8 Å². The van der Waals surface area contributed by atoms with E-state index < -0.39 is 0 Å². The quantitative estimate of drug-likeness (QED) is 0.897. The first-order valence-corrected chi connectivity index (χ1v) is 7.45. The summed E-state index contributed by atoms with van der Waals surface area (Å²) in [5.74, 6) is 0. The number of nitrogens with two attached hydrogens (primary N) is 1. The predicted molar refractivity (Wildman–Crippen MR) is 81.6 cm³/mol. The topological polar surface area (TPSA) is 50.9 Å². The van der Waals surface area contributed by atoms with Crippen molar-refractivity contribution in [3.05, 3.63) is 39.3 Å². The van der Waals surface area contributed by atoms with Gasteiger partial charge in [-0.3, -0.25) is 0 Å². The maximum Gasteiger partial charge on any atom is 0.187 e. The van der Waals surface area contributed by atoms with E-state index >= 15 is 0 Å². The van der Waals surface area contributed by atoms with E-state index in [1.807, 2.05) is 19.1 Å². The number of nitrogens with zero attached hydrogens (tertiary/aromatic N) is 1. The van der Waals surface area contributed by atoms with Crippen LogP contribution in [-0.2, 0) is 6.42 Å². The minimum Gasteiger partial charge on any atom is -0.332 e. The highest BCUT2D eigenvalue weighted by atomic mass is 79.9. The summed E-state index contributed by atoms with van der Waals surface area (Å²) >= 11 is 5.10. The van der Waals surface area contributed by atoms with E-state index in [4.69, 9.17) is 5.73 Å². The molecule has 1 atom stereocenters. The average molecular weight is 326 g/mol. The SMILES string of the molecule is Cc1cc(Nc2nc(CC(C)N)cs2)ccc1Br. The molecule has 96 valence electrons. The van der Waals surface area contributed by atoms with E-state index in [2.05, 4.69) is 44.6 Å². The molecule has 1 aromatic heterocycles. The molecule has 1 unspecified atom stereocenters. The van der Waals surface area contributed by atoms with E-state index in [-0.39, 0.29) is 6.04 Å². The lowest BCUT2D eigenvalue weighted by molar-refractivity contribution is 0.726. The number of aromatic nitrogens is 1. The third-order valence-electron chi connectivity index (χ3n) is 2.49. The maximum absolute atomic E-state index is 5.76. The van der Waals surface area contributed by atoms with Crippen molar-refractivity contribution in [1.82, 2.24) is 4.98 Å². The van der Waals surface area contributed by atoms with Gasteiger partial charge in [0.2, 0.25) is 0 Å². The van der Waals surface area contributed by atoms with Crippen molar-refractivity contribution in [3.63, 3.8) is 0 Å². The molecule has 0 amide bonds. The van der Waals surface area contributed by atoms with Gasteiger partial charge in [0, 0.05) is 28.0 Å². The van der Waals surface area contributed by atoms with Crippen LogP contribution in [0.25, 0.3) is 0 Å². The number of hydrogen-bond donors (Lipinski definition) is 2. The van der Waals surface area contributed by atoms with Crippen molar-refractivity contribution in [2.75, 3.05) is 5.32 Å². The Bertz CT molecular complexity index is 537. The summed E-state index contributed by atoms with van der Waals surface area (Å²) < 4.78 is 1.12. The predicted octanol–water partition coefficient (Wildman–Crippen LogP) is 3.85. The normalized spacial score (nSPS) is 12.4. The second kappa shape index (κ2) is 5.82. The monoisotopic (exact) mass is 325 g/mol. The van der Waals surface area contributed by atoms with Crippen molar-refractivity contribution >= 4 is 38.1 Å². The molecule has 1 aromatic carbocycles. The van der Waals surface area contributed by atoms with Gasteiger partial charge in [-0.05, 0) is 37.6 Å². The van der Waals surface area contributed by atoms with Gasteiger partial charge in [0.15, 0.2) is 5.13 Å². The Hall–Kier alpha value is -0.910. The molecule has 2 aromatic rings. The second-order valence-electron chi connectivity index (χ2n) is 4.41. The van der Waals surface area contributed by atoms with Gasteiger partial charge < -0.3 is 11.1 Å². The molecule has 2 rings (SSSR count). The summed E-state index contributed by atoms with van der Waals surface area (Å²) in [6, 6.07) is 6.31. The molecule has 0 aliphatic heterocycles. The fraction of sp³-hybridized carbons (Fsp3) is 0.308. The molecule has 0 saturated heterocycles. The summed E-state index contributed by atoms with van der Waals surface area (Å²) in [5, 5.41) is 6.27. The summed E-state index contributed by atoms with van der Waals surface area (Å²) in [6.45, 7) is 4.06. The lowest BCUT2D eigenvalue weighted by atomic mass is 10.2. The molecular formula is C13H16BrN3S. The molecule has 0 fully saturated rings. The van der Waals surface area contributed by atoms with Crippen molar-refractivity contribution in [2.24, 2.45) is 5.73 Å². The average Bonchev–Trinajstić information content (AvgIpc) is 2.70. The molecule has 18 heavy (non-hydrogen) atoms. The molecule has 3 N–H and O–H groups in total. The molecule has 0 bridgehead atoms. The molecule has 1 heterocycles. The van der Waals surface area contributed by atoms with Crippen molar-refractivity contribution < 1.29 is 0 Å². The van der Waals surface area contributed by atoms with E-state index in [1.165, 1.54) is 5.56 Å². The van der Waals surface area contributed by atoms with Gasteiger partial charge in [-0.25, -0.2) is 4.98 Å². The Labute approximate surface area is 120 Å². The van der Waals surface area contributed by atoms with Gasteiger partial charge in [-0.2, -0.15) is 0 Å². The Morgan fingerprint density at radius 3 is 2.94 bits per heavy atom. The highest BCUT2D eigenvalue weighted by molar-refractivity contribution is 9.10. The number of thiazole rings is 1. The van der Waals surface area contributed by atoms with Crippen LogP contribution in [0.15, 0.2) is 28.1 Å². The van der Waals surface area contributed by atoms with Crippen LogP contribution in [-0.4, -0.2) is 11.0 Å². The molecule has 0 spiro atoms. The van der Waals surface area contributed by atoms with Gasteiger partial charge in [0.05, 0.1) is 5.69 Å². The Kier molecular flexibility index (Phi) is 4.37. The number of aryl methyl sites for hydroxylation is 1. The van der Waals surface area contributed by atoms with Crippen LogP contribution in [0.5, 0.6) is 0 Å². The van der Waals surface area contributed by atoms with Crippen molar-refractivity contribution in [3.8, 4) is 0 Å². The molecule has 3 nitrogen and oxygen atoms in total. The number of rotatable bonds is 4. The van der Waals surface area contributed by atoms with Gasteiger partial charge in [0.25, 0.3) is 0 Å². The molecule has 0 radical (unpaired) electrons. The van der Waals surface area contributed by atoms with Crippen molar-refractivity contribution in [2.45, 2.75) is 26.3 Å². The van der Waals surface area contributed by atoms with Crippen LogP contribution >= 0.6 is 27.3 Å². The van der Waals surface area contributed by atoms with Crippen LogP contribution in [0.1, 0.15) is 18.2 Å². The molecule has 0 saturated carbocycles. The zero-order valence-corrected chi connectivity index (χ0v) is 12.8. The lowest BCUT2D eigenvalue weighted by Crippen LogP contribution is -2.17. The molecule has 5 heteroatoms. The standard InChI is InChI=1S/C13H16BrN3S/c1-8-5-10(3-4-12(8)14)16-13-17-11(7-18-13)6-9(2)15/h3-5,7,9H,6,15H2,1-2H3,(H,16,17). The second-order valence-corrected chi connectivity index (χ2v) is 6.13. The summed E-state index contributed by atoms with van der Waals surface area (Å²) in [7, 11) is 0. The number of benzene rings is 1. The minimum absolute atomic E-state index is 0.148. The van der Waals surface area contributed by atoms with E-state index in [9.17, 15) is 0 Å². The van der Waals surface area contributed by atoms with Gasteiger partial charge >= 0.3 is 0 Å². The number of anilines is 2. The number of hydrogen-bond acceptors (Lipinski definition) is 4. The fourth-order valence-electron chi connectivity index (χ4n) is 1.63. The zero-order valence-electron chi connectivity index (χ0n) is 10.4. The zero-order chi connectivity index (χ0) is 13.1. The summed E-state index contributed by atoms with van der Waals surface area (Å²) in [6.07, 6.45) is 0.817. The van der Waals surface area contributed by atoms with Crippen LogP contribution < -0.4 is 11.1 Å². The highest BCUT2D eigenvalue weighted by Crippen LogP contribution is 2.25.